The lowest BCUT2D eigenvalue weighted by Gasteiger charge is -2.18. The second-order valence-corrected chi connectivity index (χ2v) is 6.09. The first kappa shape index (κ1) is 16.3. The molecule has 0 bridgehead atoms. The molecule has 124 valence electrons. The maximum absolute atomic E-state index is 12.5. The van der Waals surface area contributed by atoms with Gasteiger partial charge in [0.1, 0.15) is 0 Å². The molecule has 1 amide bonds. The van der Waals surface area contributed by atoms with Crippen LogP contribution in [0.15, 0.2) is 48.5 Å². The Kier molecular flexibility index (Phi) is 4.71. The van der Waals surface area contributed by atoms with Gasteiger partial charge in [-0.2, -0.15) is 0 Å². The molecule has 0 aromatic heterocycles. The molecule has 1 saturated carbocycles. The third kappa shape index (κ3) is 3.68. The van der Waals surface area contributed by atoms with Crippen molar-refractivity contribution in [2.45, 2.75) is 25.0 Å². The number of hydrogen-bond donors (Lipinski definition) is 2. The van der Waals surface area contributed by atoms with Crippen LogP contribution in [0.4, 0.5) is 5.69 Å². The van der Waals surface area contributed by atoms with Gasteiger partial charge in [0.15, 0.2) is 0 Å². The fraction of sp³-hybridized carbons (Fsp3) is 0.222. The molecule has 6 heteroatoms. The van der Waals surface area contributed by atoms with E-state index in [1.807, 2.05) is 6.07 Å². The third-order valence-electron chi connectivity index (χ3n) is 3.76. The number of amides is 1. The molecule has 2 aromatic carbocycles. The van der Waals surface area contributed by atoms with Crippen molar-refractivity contribution in [2.75, 3.05) is 5.73 Å². The number of esters is 1. The van der Waals surface area contributed by atoms with Crippen LogP contribution in [0.1, 0.15) is 34.9 Å². The summed E-state index contributed by atoms with van der Waals surface area (Å²) in [5, 5.41) is 3.13. The molecule has 0 saturated heterocycles. The van der Waals surface area contributed by atoms with E-state index in [0.717, 1.165) is 12.8 Å². The normalized spacial score (nSPS) is 14.7. The van der Waals surface area contributed by atoms with Gasteiger partial charge < -0.3 is 15.8 Å². The van der Waals surface area contributed by atoms with E-state index in [4.69, 9.17) is 22.1 Å². The Morgan fingerprint density at radius 2 is 1.83 bits per heavy atom. The van der Waals surface area contributed by atoms with Gasteiger partial charge in [0, 0.05) is 11.6 Å². The number of para-hydroxylation sites is 1. The Balaban J connectivity index is 1.84. The van der Waals surface area contributed by atoms with Crippen molar-refractivity contribution >= 4 is 29.2 Å². The molecule has 0 radical (unpaired) electrons. The summed E-state index contributed by atoms with van der Waals surface area (Å²) in [6.45, 7) is 0. The summed E-state index contributed by atoms with van der Waals surface area (Å²) in [6.07, 6.45) is 0.864. The largest absolute Gasteiger partial charge is 0.444 e. The Morgan fingerprint density at radius 1 is 1.12 bits per heavy atom. The number of carbonyl (C=O) groups is 2. The summed E-state index contributed by atoms with van der Waals surface area (Å²) in [5.74, 6) is -1.02. The molecule has 5 nitrogen and oxygen atoms in total. The third-order valence-corrected chi connectivity index (χ3v) is 4.09. The SMILES string of the molecule is Nc1c(Cl)cccc1C(=O)OC(C(=O)NC1CC1)c1ccccc1. The number of nitrogens with one attached hydrogen (secondary N) is 1. The summed E-state index contributed by atoms with van der Waals surface area (Å²) in [7, 11) is 0. The van der Waals surface area contributed by atoms with Gasteiger partial charge in [-0.05, 0) is 25.0 Å². The van der Waals surface area contributed by atoms with Crippen LogP contribution in [-0.2, 0) is 9.53 Å². The predicted octanol–water partition coefficient (Wildman–Crippen LogP) is 3.10. The van der Waals surface area contributed by atoms with Gasteiger partial charge in [-0.3, -0.25) is 4.79 Å². The van der Waals surface area contributed by atoms with E-state index in [0.29, 0.717) is 5.56 Å². The maximum Gasteiger partial charge on any atom is 0.341 e. The number of nitrogen functional groups attached to an aromatic ring is 1. The van der Waals surface area contributed by atoms with Crippen molar-refractivity contribution in [3.63, 3.8) is 0 Å². The molecule has 3 N–H and O–H groups in total. The van der Waals surface area contributed by atoms with E-state index >= 15 is 0 Å². The van der Waals surface area contributed by atoms with Gasteiger partial charge in [-0.15, -0.1) is 0 Å². The fourth-order valence-electron chi connectivity index (χ4n) is 2.29. The van der Waals surface area contributed by atoms with E-state index in [2.05, 4.69) is 5.32 Å². The summed E-state index contributed by atoms with van der Waals surface area (Å²) in [6, 6.07) is 13.8. The number of benzene rings is 2. The molecule has 1 aliphatic rings. The second-order valence-electron chi connectivity index (χ2n) is 5.68. The van der Waals surface area contributed by atoms with Crippen LogP contribution in [0.3, 0.4) is 0 Å². The zero-order chi connectivity index (χ0) is 17.1. The minimum Gasteiger partial charge on any atom is -0.444 e. The van der Waals surface area contributed by atoms with Crippen LogP contribution in [0.25, 0.3) is 0 Å². The van der Waals surface area contributed by atoms with Crippen molar-refractivity contribution in [1.82, 2.24) is 5.32 Å². The van der Waals surface area contributed by atoms with Crippen molar-refractivity contribution in [2.24, 2.45) is 0 Å². The average molecular weight is 345 g/mol. The Morgan fingerprint density at radius 3 is 2.50 bits per heavy atom. The van der Waals surface area contributed by atoms with Crippen LogP contribution in [-0.4, -0.2) is 17.9 Å². The average Bonchev–Trinajstić information content (AvgIpc) is 3.39. The van der Waals surface area contributed by atoms with Crippen LogP contribution in [0, 0.1) is 0 Å². The van der Waals surface area contributed by atoms with Crippen LogP contribution in [0.5, 0.6) is 0 Å². The number of halogens is 1. The standard InChI is InChI=1S/C18H17ClN2O3/c19-14-8-4-7-13(15(14)20)18(23)24-16(11-5-2-1-3-6-11)17(22)21-12-9-10-12/h1-8,12,16H,9-10,20H2,(H,21,22). The summed E-state index contributed by atoms with van der Waals surface area (Å²) >= 11 is 5.94. The second kappa shape index (κ2) is 6.93. The summed E-state index contributed by atoms with van der Waals surface area (Å²) < 4.78 is 5.46. The zero-order valence-electron chi connectivity index (χ0n) is 12.9. The number of rotatable bonds is 5. The Labute approximate surface area is 144 Å². The van der Waals surface area contributed by atoms with Gasteiger partial charge in [0.2, 0.25) is 6.10 Å². The molecule has 24 heavy (non-hydrogen) atoms. The minimum absolute atomic E-state index is 0.138. The predicted molar refractivity (Wildman–Crippen MR) is 91.6 cm³/mol. The van der Waals surface area contributed by atoms with E-state index in [9.17, 15) is 9.59 Å². The van der Waals surface area contributed by atoms with Crippen molar-refractivity contribution in [3.05, 3.63) is 64.7 Å². The topological polar surface area (TPSA) is 81.4 Å². The first-order valence-electron chi connectivity index (χ1n) is 7.66. The number of carbonyl (C=O) groups excluding carboxylic acids is 2. The van der Waals surface area contributed by atoms with E-state index < -0.39 is 12.1 Å². The van der Waals surface area contributed by atoms with Crippen LogP contribution in [0.2, 0.25) is 5.02 Å². The molecule has 1 atom stereocenters. The van der Waals surface area contributed by atoms with Gasteiger partial charge in [-0.1, -0.05) is 48.0 Å². The first-order chi connectivity index (χ1) is 11.6. The molecule has 2 aromatic rings. The Hall–Kier alpha value is -2.53. The highest BCUT2D eigenvalue weighted by molar-refractivity contribution is 6.33. The highest BCUT2D eigenvalue weighted by atomic mass is 35.5. The maximum atomic E-state index is 12.5. The van der Waals surface area contributed by atoms with Crippen LogP contribution < -0.4 is 11.1 Å². The molecule has 0 heterocycles. The number of nitrogens with two attached hydrogens (primary N) is 1. The van der Waals surface area contributed by atoms with Crippen LogP contribution >= 0.6 is 11.6 Å². The molecule has 1 aliphatic carbocycles. The summed E-state index contributed by atoms with van der Waals surface area (Å²) in [4.78, 5) is 24.9. The highest BCUT2D eigenvalue weighted by Crippen LogP contribution is 2.27. The number of ether oxygens (including phenoxy) is 1. The number of hydrogen-bond acceptors (Lipinski definition) is 4. The summed E-state index contributed by atoms with van der Waals surface area (Å²) in [5.41, 5.74) is 6.71. The minimum atomic E-state index is -1.03. The molecule has 0 spiro atoms. The van der Waals surface area contributed by atoms with E-state index in [1.165, 1.54) is 6.07 Å². The van der Waals surface area contributed by atoms with Gasteiger partial charge in [0.05, 0.1) is 16.3 Å². The molecule has 3 rings (SSSR count). The molecular weight excluding hydrogens is 328 g/mol. The molecular formula is C18H17ClN2O3. The number of anilines is 1. The van der Waals surface area contributed by atoms with Gasteiger partial charge >= 0.3 is 5.97 Å². The lowest BCUT2D eigenvalue weighted by molar-refractivity contribution is -0.130. The smallest absolute Gasteiger partial charge is 0.341 e. The van der Waals surface area contributed by atoms with Crippen molar-refractivity contribution in [1.29, 1.82) is 0 Å². The van der Waals surface area contributed by atoms with Gasteiger partial charge in [0.25, 0.3) is 5.91 Å². The Bertz CT molecular complexity index is 760. The van der Waals surface area contributed by atoms with Crippen molar-refractivity contribution < 1.29 is 14.3 Å². The highest BCUT2D eigenvalue weighted by Gasteiger charge is 2.31. The molecule has 1 unspecified atom stereocenters. The van der Waals surface area contributed by atoms with Gasteiger partial charge in [-0.25, -0.2) is 4.79 Å². The van der Waals surface area contributed by atoms with Crippen molar-refractivity contribution in [3.8, 4) is 0 Å². The zero-order valence-corrected chi connectivity index (χ0v) is 13.6. The lowest BCUT2D eigenvalue weighted by Crippen LogP contribution is -2.33. The van der Waals surface area contributed by atoms with E-state index in [-0.39, 0.29) is 28.2 Å². The molecule has 1 fully saturated rings. The monoisotopic (exact) mass is 344 g/mol. The quantitative estimate of drug-likeness (QED) is 0.645. The fourth-order valence-corrected chi connectivity index (χ4v) is 2.47. The first-order valence-corrected chi connectivity index (χ1v) is 8.04. The lowest BCUT2D eigenvalue weighted by atomic mass is 10.1. The van der Waals surface area contributed by atoms with E-state index in [1.54, 1.807) is 36.4 Å². The molecule has 0 aliphatic heterocycles.